The number of amides is 1. The first-order valence-corrected chi connectivity index (χ1v) is 10.0. The Morgan fingerprint density at radius 3 is 2.64 bits per heavy atom. The molecule has 2 aliphatic rings. The Kier molecular flexibility index (Phi) is 5.00. The number of para-hydroxylation sites is 2. The van der Waals surface area contributed by atoms with E-state index in [9.17, 15) is 4.79 Å². The Morgan fingerprint density at radius 2 is 1.93 bits per heavy atom. The minimum absolute atomic E-state index is 0.0719. The Morgan fingerprint density at radius 1 is 1.18 bits per heavy atom. The van der Waals surface area contributed by atoms with Gasteiger partial charge in [-0.25, -0.2) is 0 Å². The SMILES string of the molecule is CC(C)(C)c1nc(CN2CC(C(=O)N3CCCCC3)Oc3ccccc32)no1. The standard InChI is InChI=1S/C21H28N4O3/c1-21(2,3)20-22-18(23-28-20)14-25-13-17(19(26)24-11-7-4-8-12-24)27-16-10-6-5-9-15(16)25/h5-6,9-10,17H,4,7-8,11-14H2,1-3H3. The van der Waals surface area contributed by atoms with Gasteiger partial charge in [-0.2, -0.15) is 4.98 Å². The molecule has 1 saturated heterocycles. The normalized spacial score (nSPS) is 19.9. The molecular formula is C21H28N4O3. The number of carbonyl (C=O) groups is 1. The van der Waals surface area contributed by atoms with Crippen LogP contribution in [0.25, 0.3) is 0 Å². The van der Waals surface area contributed by atoms with Crippen LogP contribution < -0.4 is 9.64 Å². The van der Waals surface area contributed by atoms with Crippen molar-refractivity contribution in [3.8, 4) is 5.75 Å². The second kappa shape index (κ2) is 7.45. The Balaban J connectivity index is 1.55. The van der Waals surface area contributed by atoms with Crippen molar-refractivity contribution in [2.45, 2.75) is 58.1 Å². The zero-order valence-corrected chi connectivity index (χ0v) is 16.9. The highest BCUT2D eigenvalue weighted by atomic mass is 16.5. The largest absolute Gasteiger partial charge is 0.477 e. The average molecular weight is 384 g/mol. The van der Waals surface area contributed by atoms with Gasteiger partial charge >= 0.3 is 0 Å². The molecule has 1 aromatic heterocycles. The van der Waals surface area contributed by atoms with E-state index in [1.807, 2.05) is 49.9 Å². The Bertz CT molecular complexity index is 836. The number of fused-ring (bicyclic) bond motifs is 1. The van der Waals surface area contributed by atoms with Gasteiger partial charge in [-0.15, -0.1) is 0 Å². The molecule has 1 aromatic carbocycles. The second-order valence-electron chi connectivity index (χ2n) is 8.61. The summed E-state index contributed by atoms with van der Waals surface area (Å²) in [5.41, 5.74) is 0.758. The summed E-state index contributed by atoms with van der Waals surface area (Å²) in [6.45, 7) is 8.72. The van der Waals surface area contributed by atoms with E-state index in [-0.39, 0.29) is 11.3 Å². The number of ether oxygens (including phenoxy) is 1. The number of anilines is 1. The lowest BCUT2D eigenvalue weighted by Crippen LogP contribution is -2.51. The van der Waals surface area contributed by atoms with Crippen molar-refractivity contribution in [3.05, 3.63) is 36.0 Å². The molecule has 7 heteroatoms. The van der Waals surface area contributed by atoms with E-state index in [0.29, 0.717) is 24.8 Å². The highest BCUT2D eigenvalue weighted by Gasteiger charge is 2.34. The van der Waals surface area contributed by atoms with Crippen LogP contribution in [0, 0.1) is 0 Å². The summed E-state index contributed by atoms with van der Waals surface area (Å²) in [4.78, 5) is 21.6. The van der Waals surface area contributed by atoms with Gasteiger partial charge in [0, 0.05) is 18.5 Å². The number of hydrogen-bond acceptors (Lipinski definition) is 6. The van der Waals surface area contributed by atoms with Crippen molar-refractivity contribution < 1.29 is 14.1 Å². The molecule has 0 saturated carbocycles. The highest BCUT2D eigenvalue weighted by molar-refractivity contribution is 5.83. The molecule has 0 spiro atoms. The molecule has 3 heterocycles. The maximum atomic E-state index is 13.0. The second-order valence-corrected chi connectivity index (χ2v) is 8.61. The lowest BCUT2D eigenvalue weighted by Gasteiger charge is -2.37. The van der Waals surface area contributed by atoms with Crippen LogP contribution in [0.3, 0.4) is 0 Å². The molecule has 28 heavy (non-hydrogen) atoms. The zero-order chi connectivity index (χ0) is 19.7. The number of piperidine rings is 1. The van der Waals surface area contributed by atoms with Gasteiger partial charge in [0.25, 0.3) is 5.91 Å². The number of nitrogens with zero attached hydrogens (tertiary/aromatic N) is 4. The smallest absolute Gasteiger partial charge is 0.265 e. The number of hydrogen-bond donors (Lipinski definition) is 0. The molecule has 1 atom stereocenters. The predicted octanol–water partition coefficient (Wildman–Crippen LogP) is 3.15. The van der Waals surface area contributed by atoms with Crippen molar-refractivity contribution in [3.63, 3.8) is 0 Å². The van der Waals surface area contributed by atoms with E-state index in [4.69, 9.17) is 9.26 Å². The molecule has 1 unspecified atom stereocenters. The van der Waals surface area contributed by atoms with Crippen LogP contribution in [-0.4, -0.2) is 46.7 Å². The molecular weight excluding hydrogens is 356 g/mol. The lowest BCUT2D eigenvalue weighted by molar-refractivity contribution is -0.139. The van der Waals surface area contributed by atoms with Crippen LogP contribution in [0.15, 0.2) is 28.8 Å². The molecule has 2 aliphatic heterocycles. The molecule has 4 rings (SSSR count). The molecule has 0 bridgehead atoms. The molecule has 1 fully saturated rings. The summed E-state index contributed by atoms with van der Waals surface area (Å²) in [6.07, 6.45) is 2.81. The van der Waals surface area contributed by atoms with Crippen molar-refractivity contribution in [1.29, 1.82) is 0 Å². The number of carbonyl (C=O) groups excluding carboxylic acids is 1. The number of likely N-dealkylation sites (tertiary alicyclic amines) is 1. The van der Waals surface area contributed by atoms with Gasteiger partial charge < -0.3 is 19.1 Å². The number of benzene rings is 1. The fraction of sp³-hybridized carbons (Fsp3) is 0.571. The summed E-state index contributed by atoms with van der Waals surface area (Å²) in [5, 5.41) is 4.15. The van der Waals surface area contributed by atoms with E-state index < -0.39 is 6.10 Å². The zero-order valence-electron chi connectivity index (χ0n) is 16.9. The summed E-state index contributed by atoms with van der Waals surface area (Å²) in [6, 6.07) is 7.81. The fourth-order valence-electron chi connectivity index (χ4n) is 3.70. The maximum absolute atomic E-state index is 13.0. The first kappa shape index (κ1) is 18.8. The van der Waals surface area contributed by atoms with Crippen molar-refractivity contribution >= 4 is 11.6 Å². The quantitative estimate of drug-likeness (QED) is 0.810. The van der Waals surface area contributed by atoms with E-state index >= 15 is 0 Å². The van der Waals surface area contributed by atoms with E-state index in [2.05, 4.69) is 15.0 Å². The fourth-order valence-corrected chi connectivity index (χ4v) is 3.70. The van der Waals surface area contributed by atoms with E-state index in [1.165, 1.54) is 6.42 Å². The van der Waals surface area contributed by atoms with Gasteiger partial charge in [-0.3, -0.25) is 4.79 Å². The number of rotatable bonds is 3. The monoisotopic (exact) mass is 384 g/mol. The summed E-state index contributed by atoms with van der Waals surface area (Å²) in [5.74, 6) is 2.03. The van der Waals surface area contributed by atoms with Crippen LogP contribution in [-0.2, 0) is 16.8 Å². The van der Waals surface area contributed by atoms with Crippen LogP contribution >= 0.6 is 0 Å². The first-order valence-electron chi connectivity index (χ1n) is 10.0. The third-order valence-corrected chi connectivity index (χ3v) is 5.25. The highest BCUT2D eigenvalue weighted by Crippen LogP contribution is 2.34. The molecule has 7 nitrogen and oxygen atoms in total. The average Bonchev–Trinajstić information content (AvgIpc) is 3.17. The maximum Gasteiger partial charge on any atom is 0.265 e. The topological polar surface area (TPSA) is 71.7 Å². The van der Waals surface area contributed by atoms with E-state index in [1.54, 1.807) is 0 Å². The Hall–Kier alpha value is -2.57. The molecule has 2 aromatic rings. The molecule has 0 aliphatic carbocycles. The van der Waals surface area contributed by atoms with Gasteiger partial charge in [0.15, 0.2) is 11.9 Å². The van der Waals surface area contributed by atoms with Crippen molar-refractivity contribution in [1.82, 2.24) is 15.0 Å². The van der Waals surface area contributed by atoms with Crippen LogP contribution in [0.2, 0.25) is 0 Å². The molecule has 150 valence electrons. The predicted molar refractivity (Wildman–Crippen MR) is 105 cm³/mol. The first-order chi connectivity index (χ1) is 13.4. The summed E-state index contributed by atoms with van der Waals surface area (Å²) in [7, 11) is 0. The van der Waals surface area contributed by atoms with E-state index in [0.717, 1.165) is 37.4 Å². The number of aromatic nitrogens is 2. The Labute approximate surface area is 165 Å². The van der Waals surface area contributed by atoms with Crippen molar-refractivity contribution in [2.24, 2.45) is 0 Å². The summed E-state index contributed by atoms with van der Waals surface area (Å²) < 4.78 is 11.5. The van der Waals surface area contributed by atoms with Crippen LogP contribution in [0.1, 0.15) is 51.7 Å². The van der Waals surface area contributed by atoms with Gasteiger partial charge in [-0.1, -0.05) is 38.1 Å². The molecule has 0 radical (unpaired) electrons. The van der Waals surface area contributed by atoms with Gasteiger partial charge in [0.2, 0.25) is 5.89 Å². The van der Waals surface area contributed by atoms with Crippen LogP contribution in [0.5, 0.6) is 5.75 Å². The summed E-state index contributed by atoms with van der Waals surface area (Å²) >= 11 is 0. The lowest BCUT2D eigenvalue weighted by atomic mass is 9.97. The van der Waals surface area contributed by atoms with Crippen LogP contribution in [0.4, 0.5) is 5.69 Å². The van der Waals surface area contributed by atoms with Gasteiger partial charge in [0.1, 0.15) is 5.75 Å². The molecule has 1 amide bonds. The van der Waals surface area contributed by atoms with Gasteiger partial charge in [-0.05, 0) is 31.4 Å². The third kappa shape index (κ3) is 3.84. The molecule has 0 N–H and O–H groups in total. The van der Waals surface area contributed by atoms with Crippen molar-refractivity contribution in [2.75, 3.05) is 24.5 Å². The minimum Gasteiger partial charge on any atom is -0.477 e. The minimum atomic E-state index is -0.512. The third-order valence-electron chi connectivity index (χ3n) is 5.25. The van der Waals surface area contributed by atoms with Gasteiger partial charge in [0.05, 0.1) is 18.8 Å².